The maximum absolute atomic E-state index is 13.3. The third-order valence-corrected chi connectivity index (χ3v) is 5.60. The number of benzene rings is 1. The van der Waals surface area contributed by atoms with Crippen molar-refractivity contribution in [2.24, 2.45) is 0 Å². The first-order valence-corrected chi connectivity index (χ1v) is 10.2. The van der Waals surface area contributed by atoms with Gasteiger partial charge in [-0.1, -0.05) is 29.8 Å². The van der Waals surface area contributed by atoms with Gasteiger partial charge in [-0.15, -0.1) is 0 Å². The van der Waals surface area contributed by atoms with Gasteiger partial charge in [-0.05, 0) is 51.4 Å². The number of hydrogen-bond acceptors (Lipinski definition) is 4. The lowest BCUT2D eigenvalue weighted by molar-refractivity contribution is 0.0939. The van der Waals surface area contributed by atoms with Crippen LogP contribution >= 0.6 is 0 Å². The second-order valence-corrected chi connectivity index (χ2v) is 7.80. The molecule has 0 spiro atoms. The van der Waals surface area contributed by atoms with Crippen LogP contribution in [0.15, 0.2) is 36.5 Å². The first kappa shape index (κ1) is 20.4. The SMILES string of the molecule is Cc1ccc([C@H](CNC(=O)c2cnn3c(C(F)F)cc(C)nc23)N2CCCC2)cc1. The highest BCUT2D eigenvalue weighted by atomic mass is 19.3. The molecule has 158 valence electrons. The number of amides is 1. The molecule has 1 aromatic carbocycles. The second kappa shape index (κ2) is 8.47. The molecule has 0 bridgehead atoms. The number of alkyl halides is 2. The van der Waals surface area contributed by atoms with Crippen molar-refractivity contribution in [3.63, 3.8) is 0 Å². The van der Waals surface area contributed by atoms with Crippen molar-refractivity contribution in [3.05, 3.63) is 64.6 Å². The van der Waals surface area contributed by atoms with Gasteiger partial charge in [-0.25, -0.2) is 18.3 Å². The van der Waals surface area contributed by atoms with E-state index in [9.17, 15) is 13.6 Å². The highest BCUT2D eigenvalue weighted by Gasteiger charge is 2.25. The lowest BCUT2D eigenvalue weighted by atomic mass is 10.0. The van der Waals surface area contributed by atoms with Gasteiger partial charge in [0.25, 0.3) is 12.3 Å². The van der Waals surface area contributed by atoms with Crippen LogP contribution < -0.4 is 5.32 Å². The molecule has 8 heteroatoms. The molecule has 0 unspecified atom stereocenters. The Morgan fingerprint density at radius 1 is 1.17 bits per heavy atom. The van der Waals surface area contributed by atoms with Crippen LogP contribution in [0.25, 0.3) is 5.65 Å². The summed E-state index contributed by atoms with van der Waals surface area (Å²) in [4.78, 5) is 19.5. The fourth-order valence-electron chi connectivity index (χ4n) is 4.01. The van der Waals surface area contributed by atoms with E-state index in [1.807, 2.05) is 6.92 Å². The molecular weight excluding hydrogens is 388 g/mol. The van der Waals surface area contributed by atoms with E-state index in [4.69, 9.17) is 0 Å². The van der Waals surface area contributed by atoms with Crippen LogP contribution in [-0.4, -0.2) is 45.0 Å². The number of halogens is 2. The molecule has 1 saturated heterocycles. The summed E-state index contributed by atoms with van der Waals surface area (Å²) in [6.07, 6.45) is 0.888. The number of carbonyl (C=O) groups excluding carboxylic acids is 1. The summed E-state index contributed by atoms with van der Waals surface area (Å²) >= 11 is 0. The average Bonchev–Trinajstić information content (AvgIpc) is 3.38. The molecule has 0 saturated carbocycles. The van der Waals surface area contributed by atoms with Gasteiger partial charge in [-0.2, -0.15) is 5.10 Å². The van der Waals surface area contributed by atoms with Gasteiger partial charge < -0.3 is 5.32 Å². The van der Waals surface area contributed by atoms with Gasteiger partial charge in [0.15, 0.2) is 5.65 Å². The fraction of sp³-hybridized carbons (Fsp3) is 0.409. The number of nitrogens with zero attached hydrogens (tertiary/aromatic N) is 4. The molecule has 1 N–H and O–H groups in total. The van der Waals surface area contributed by atoms with E-state index in [-0.39, 0.29) is 28.9 Å². The third kappa shape index (κ3) is 4.05. The summed E-state index contributed by atoms with van der Waals surface area (Å²) in [5.41, 5.74) is 2.83. The minimum Gasteiger partial charge on any atom is -0.350 e. The minimum absolute atomic E-state index is 0.0604. The number of aryl methyl sites for hydroxylation is 2. The Kier molecular flexibility index (Phi) is 5.76. The molecule has 4 rings (SSSR count). The monoisotopic (exact) mass is 413 g/mol. The van der Waals surface area contributed by atoms with Crippen molar-refractivity contribution < 1.29 is 13.6 Å². The molecule has 30 heavy (non-hydrogen) atoms. The van der Waals surface area contributed by atoms with Crippen LogP contribution in [-0.2, 0) is 0 Å². The predicted molar refractivity (Wildman–Crippen MR) is 110 cm³/mol. The Bertz CT molecular complexity index is 1040. The number of nitrogens with one attached hydrogen (secondary N) is 1. The number of aromatic nitrogens is 3. The zero-order valence-corrected chi connectivity index (χ0v) is 17.1. The Hall–Kier alpha value is -2.87. The summed E-state index contributed by atoms with van der Waals surface area (Å²) in [6, 6.07) is 9.69. The Morgan fingerprint density at radius 3 is 2.53 bits per heavy atom. The number of hydrogen-bond donors (Lipinski definition) is 1. The standard InChI is InChI=1S/C22H25F2N5O/c1-14-5-7-16(8-6-14)19(28-9-3-4-10-28)13-25-22(30)17-12-26-29-18(20(23)24)11-15(2)27-21(17)29/h5-8,11-12,19-20H,3-4,9-10,13H2,1-2H3,(H,25,30)/t19-/m0/s1. The van der Waals surface area contributed by atoms with Crippen LogP contribution in [0.4, 0.5) is 8.78 Å². The molecular formula is C22H25F2N5O. The van der Waals surface area contributed by atoms with Crippen LogP contribution in [0.3, 0.4) is 0 Å². The average molecular weight is 413 g/mol. The van der Waals surface area contributed by atoms with Gasteiger partial charge in [0.2, 0.25) is 0 Å². The van der Waals surface area contributed by atoms with Crippen LogP contribution in [0, 0.1) is 13.8 Å². The van der Waals surface area contributed by atoms with Gasteiger partial charge in [0, 0.05) is 12.2 Å². The van der Waals surface area contributed by atoms with E-state index in [1.54, 1.807) is 6.92 Å². The van der Waals surface area contributed by atoms with Crippen molar-refractivity contribution in [1.82, 2.24) is 24.8 Å². The molecule has 0 radical (unpaired) electrons. The molecule has 1 aliphatic heterocycles. The topological polar surface area (TPSA) is 62.5 Å². The first-order chi connectivity index (χ1) is 14.4. The van der Waals surface area contributed by atoms with E-state index in [2.05, 4.69) is 44.6 Å². The summed E-state index contributed by atoms with van der Waals surface area (Å²) in [7, 11) is 0. The Labute approximate surface area is 173 Å². The fourth-order valence-corrected chi connectivity index (χ4v) is 4.01. The first-order valence-electron chi connectivity index (χ1n) is 10.2. The van der Waals surface area contributed by atoms with E-state index < -0.39 is 6.43 Å². The third-order valence-electron chi connectivity index (χ3n) is 5.60. The predicted octanol–water partition coefficient (Wildman–Crippen LogP) is 3.85. The van der Waals surface area contributed by atoms with Crippen LogP contribution in [0.5, 0.6) is 0 Å². The number of likely N-dealkylation sites (tertiary alicyclic amines) is 1. The normalized spacial score (nSPS) is 15.8. The maximum Gasteiger partial charge on any atom is 0.280 e. The van der Waals surface area contributed by atoms with E-state index in [0.29, 0.717) is 12.2 Å². The Morgan fingerprint density at radius 2 is 1.87 bits per heavy atom. The molecule has 3 aromatic rings. The zero-order chi connectivity index (χ0) is 21.3. The molecule has 0 aliphatic carbocycles. The van der Waals surface area contributed by atoms with Crippen molar-refractivity contribution in [3.8, 4) is 0 Å². The highest BCUT2D eigenvalue weighted by molar-refractivity contribution is 5.99. The summed E-state index contributed by atoms with van der Waals surface area (Å²) < 4.78 is 27.7. The molecule has 1 fully saturated rings. The number of rotatable bonds is 6. The quantitative estimate of drug-likeness (QED) is 0.667. The van der Waals surface area contributed by atoms with Gasteiger partial charge in [-0.3, -0.25) is 9.69 Å². The number of fused-ring (bicyclic) bond motifs is 1. The number of carbonyl (C=O) groups is 1. The van der Waals surface area contributed by atoms with E-state index in [0.717, 1.165) is 36.0 Å². The maximum atomic E-state index is 13.3. The van der Waals surface area contributed by atoms with Gasteiger partial charge in [0.1, 0.15) is 11.3 Å². The molecule has 1 aliphatic rings. The smallest absolute Gasteiger partial charge is 0.280 e. The van der Waals surface area contributed by atoms with Gasteiger partial charge >= 0.3 is 0 Å². The molecule has 1 amide bonds. The highest BCUT2D eigenvalue weighted by Crippen LogP contribution is 2.26. The molecule has 2 aromatic heterocycles. The van der Waals surface area contributed by atoms with E-state index >= 15 is 0 Å². The van der Waals surface area contributed by atoms with Crippen molar-refractivity contribution >= 4 is 11.6 Å². The molecule has 6 nitrogen and oxygen atoms in total. The van der Waals surface area contributed by atoms with Crippen LogP contribution in [0.1, 0.15) is 58.2 Å². The van der Waals surface area contributed by atoms with E-state index in [1.165, 1.54) is 17.8 Å². The molecule has 3 heterocycles. The summed E-state index contributed by atoms with van der Waals surface area (Å²) in [5.74, 6) is -0.361. The summed E-state index contributed by atoms with van der Waals surface area (Å²) in [5, 5.41) is 6.95. The lowest BCUT2D eigenvalue weighted by Gasteiger charge is -2.28. The summed E-state index contributed by atoms with van der Waals surface area (Å²) in [6.45, 7) is 6.08. The van der Waals surface area contributed by atoms with Gasteiger partial charge in [0.05, 0.1) is 12.2 Å². The molecule has 1 atom stereocenters. The van der Waals surface area contributed by atoms with Crippen molar-refractivity contribution in [2.75, 3.05) is 19.6 Å². The Balaban J connectivity index is 1.57. The minimum atomic E-state index is -2.70. The second-order valence-electron chi connectivity index (χ2n) is 7.80. The van der Waals surface area contributed by atoms with Crippen molar-refractivity contribution in [2.45, 2.75) is 39.2 Å². The van der Waals surface area contributed by atoms with Crippen LogP contribution in [0.2, 0.25) is 0 Å². The zero-order valence-electron chi connectivity index (χ0n) is 17.1. The largest absolute Gasteiger partial charge is 0.350 e. The van der Waals surface area contributed by atoms with Crippen molar-refractivity contribution in [1.29, 1.82) is 0 Å². The lowest BCUT2D eigenvalue weighted by Crippen LogP contribution is -2.36.